The second kappa shape index (κ2) is 8.39. The fraction of sp³-hybridized carbons (Fsp3) is 0.625. The molecule has 144 valence electrons. The maximum Gasteiger partial charge on any atom is 0.351 e. The Hall–Kier alpha value is -2.30. The first kappa shape index (κ1) is 20.0. The molecule has 2 unspecified atom stereocenters. The predicted molar refractivity (Wildman–Crippen MR) is 91.4 cm³/mol. The van der Waals surface area contributed by atoms with Crippen LogP contribution in [-0.2, 0) is 19.1 Å². The number of hydrogen-bond donors (Lipinski definition) is 3. The standard InChI is InChI=1S/C16H24N4O6/c1-5-10-12(22)13(25-8(2)14(23)17-4)15(26-10)20-7-6-11(18-9(3)21)19-16(20)24/h6-8,10,12-13,15,22H,5H2,1-4H3,(H,17,23)(H,18,19,21,24)/t8?,10-,12?,13+,15-/m1/s1. The molecule has 1 aromatic heterocycles. The van der Waals surface area contributed by atoms with Crippen molar-refractivity contribution in [3.8, 4) is 0 Å². The molecule has 10 heteroatoms. The van der Waals surface area contributed by atoms with Gasteiger partial charge in [0.05, 0.1) is 6.10 Å². The zero-order valence-electron chi connectivity index (χ0n) is 15.1. The Labute approximate surface area is 150 Å². The maximum absolute atomic E-state index is 12.3. The van der Waals surface area contributed by atoms with Gasteiger partial charge in [0, 0.05) is 20.2 Å². The van der Waals surface area contributed by atoms with Crippen LogP contribution in [-0.4, -0.2) is 57.9 Å². The minimum atomic E-state index is -1.01. The zero-order valence-corrected chi connectivity index (χ0v) is 15.1. The number of ether oxygens (including phenoxy) is 2. The highest BCUT2D eigenvalue weighted by atomic mass is 16.6. The summed E-state index contributed by atoms with van der Waals surface area (Å²) in [6.07, 6.45) is -2.40. The smallest absolute Gasteiger partial charge is 0.351 e. The van der Waals surface area contributed by atoms with Gasteiger partial charge in [0.25, 0.3) is 0 Å². The Morgan fingerprint density at radius 2 is 2.19 bits per heavy atom. The van der Waals surface area contributed by atoms with Gasteiger partial charge in [-0.1, -0.05) is 6.92 Å². The highest BCUT2D eigenvalue weighted by Gasteiger charge is 2.46. The number of likely N-dealkylation sites (N-methyl/N-ethyl adjacent to an activating group) is 1. The quantitative estimate of drug-likeness (QED) is 0.610. The summed E-state index contributed by atoms with van der Waals surface area (Å²) in [5.41, 5.74) is -0.675. The van der Waals surface area contributed by atoms with E-state index in [9.17, 15) is 19.5 Å². The summed E-state index contributed by atoms with van der Waals surface area (Å²) in [6.45, 7) is 4.68. The molecule has 0 radical (unpaired) electrons. The van der Waals surface area contributed by atoms with Gasteiger partial charge in [-0.25, -0.2) is 4.79 Å². The second-order valence-corrected chi connectivity index (χ2v) is 6.00. The average molecular weight is 368 g/mol. The van der Waals surface area contributed by atoms with Crippen LogP contribution in [0, 0.1) is 0 Å². The van der Waals surface area contributed by atoms with Gasteiger partial charge in [-0.3, -0.25) is 14.2 Å². The summed E-state index contributed by atoms with van der Waals surface area (Å²) in [6, 6.07) is 1.44. The van der Waals surface area contributed by atoms with Gasteiger partial charge in [0.15, 0.2) is 6.23 Å². The third-order valence-electron chi connectivity index (χ3n) is 4.10. The zero-order chi connectivity index (χ0) is 19.4. The van der Waals surface area contributed by atoms with Crippen LogP contribution in [0.4, 0.5) is 5.82 Å². The summed E-state index contributed by atoms with van der Waals surface area (Å²) in [5.74, 6) is -0.600. The molecule has 2 rings (SSSR count). The number of rotatable bonds is 6. The number of hydrogen-bond acceptors (Lipinski definition) is 7. The highest BCUT2D eigenvalue weighted by Crippen LogP contribution is 2.33. The lowest BCUT2D eigenvalue weighted by Crippen LogP contribution is -2.43. The summed E-state index contributed by atoms with van der Waals surface area (Å²) in [5, 5.41) is 15.4. The first-order chi connectivity index (χ1) is 12.3. The predicted octanol–water partition coefficient (Wildman–Crippen LogP) is -0.610. The van der Waals surface area contributed by atoms with Crippen molar-refractivity contribution in [2.24, 2.45) is 0 Å². The van der Waals surface area contributed by atoms with Crippen molar-refractivity contribution >= 4 is 17.6 Å². The van der Waals surface area contributed by atoms with Crippen molar-refractivity contribution in [2.45, 2.75) is 57.8 Å². The molecule has 2 amide bonds. The van der Waals surface area contributed by atoms with E-state index in [-0.39, 0.29) is 17.6 Å². The van der Waals surface area contributed by atoms with Crippen LogP contribution in [0.15, 0.2) is 17.1 Å². The molecule has 3 N–H and O–H groups in total. The van der Waals surface area contributed by atoms with E-state index in [1.54, 1.807) is 6.92 Å². The molecule has 0 aliphatic carbocycles. The number of amides is 2. The maximum atomic E-state index is 12.3. The van der Waals surface area contributed by atoms with Gasteiger partial charge in [-0.2, -0.15) is 4.98 Å². The number of aliphatic hydroxyl groups excluding tert-OH is 1. The number of anilines is 1. The van der Waals surface area contributed by atoms with Crippen molar-refractivity contribution in [1.29, 1.82) is 0 Å². The molecule has 1 fully saturated rings. The molecule has 5 atom stereocenters. The Morgan fingerprint density at radius 3 is 2.73 bits per heavy atom. The van der Waals surface area contributed by atoms with Gasteiger partial charge < -0.3 is 25.2 Å². The second-order valence-electron chi connectivity index (χ2n) is 6.00. The molecule has 0 bridgehead atoms. The lowest BCUT2D eigenvalue weighted by molar-refractivity contribution is -0.144. The molecule has 2 heterocycles. The van der Waals surface area contributed by atoms with Crippen LogP contribution in [0.3, 0.4) is 0 Å². The van der Waals surface area contributed by atoms with Gasteiger partial charge in [-0.05, 0) is 19.4 Å². The van der Waals surface area contributed by atoms with Crippen LogP contribution in [0.2, 0.25) is 0 Å². The van der Waals surface area contributed by atoms with Crippen LogP contribution in [0.1, 0.15) is 33.4 Å². The number of nitrogens with zero attached hydrogens (tertiary/aromatic N) is 2. The lowest BCUT2D eigenvalue weighted by atomic mass is 10.1. The summed E-state index contributed by atoms with van der Waals surface area (Å²) >= 11 is 0. The Morgan fingerprint density at radius 1 is 1.50 bits per heavy atom. The van der Waals surface area contributed by atoms with E-state index < -0.39 is 36.3 Å². The normalized spacial score (nSPS) is 26.3. The number of nitrogens with one attached hydrogen (secondary N) is 2. The van der Waals surface area contributed by atoms with Crippen molar-refractivity contribution in [2.75, 3.05) is 12.4 Å². The largest absolute Gasteiger partial charge is 0.388 e. The molecule has 1 saturated heterocycles. The molecule has 1 aromatic rings. The first-order valence-electron chi connectivity index (χ1n) is 8.35. The van der Waals surface area contributed by atoms with Crippen LogP contribution in [0.25, 0.3) is 0 Å². The van der Waals surface area contributed by atoms with Crippen molar-refractivity contribution in [1.82, 2.24) is 14.9 Å². The molecule has 26 heavy (non-hydrogen) atoms. The van der Waals surface area contributed by atoms with E-state index in [1.807, 2.05) is 6.92 Å². The van der Waals surface area contributed by atoms with E-state index in [2.05, 4.69) is 15.6 Å². The van der Waals surface area contributed by atoms with Gasteiger partial charge >= 0.3 is 5.69 Å². The van der Waals surface area contributed by atoms with Crippen LogP contribution < -0.4 is 16.3 Å². The fourth-order valence-electron chi connectivity index (χ4n) is 2.78. The average Bonchev–Trinajstić information content (AvgIpc) is 2.89. The monoisotopic (exact) mass is 368 g/mol. The fourth-order valence-corrected chi connectivity index (χ4v) is 2.78. The number of carbonyl (C=O) groups excluding carboxylic acids is 2. The summed E-state index contributed by atoms with van der Waals surface area (Å²) in [4.78, 5) is 38.9. The number of aromatic nitrogens is 2. The van der Waals surface area contributed by atoms with E-state index in [4.69, 9.17) is 9.47 Å². The molecule has 1 aliphatic rings. The minimum absolute atomic E-state index is 0.112. The van der Waals surface area contributed by atoms with Gasteiger partial charge in [0.1, 0.15) is 24.1 Å². The third kappa shape index (κ3) is 4.26. The Balaban J connectivity index is 2.30. The van der Waals surface area contributed by atoms with Gasteiger partial charge in [0.2, 0.25) is 11.8 Å². The summed E-state index contributed by atoms with van der Waals surface area (Å²) < 4.78 is 12.6. The number of aliphatic hydroxyl groups is 1. The van der Waals surface area contributed by atoms with Crippen molar-refractivity contribution in [3.05, 3.63) is 22.7 Å². The Kier molecular flexibility index (Phi) is 6.46. The topological polar surface area (TPSA) is 132 Å². The molecule has 0 saturated carbocycles. The van der Waals surface area contributed by atoms with E-state index in [0.717, 1.165) is 0 Å². The molecular weight excluding hydrogens is 344 g/mol. The minimum Gasteiger partial charge on any atom is -0.388 e. The SMILES string of the molecule is CC[C@H]1O[C@@H](n2ccc(NC(C)=O)nc2=O)[C@@H](OC(C)C(=O)NC)C1O. The van der Waals surface area contributed by atoms with Crippen LogP contribution >= 0.6 is 0 Å². The lowest BCUT2D eigenvalue weighted by Gasteiger charge is -2.25. The molecular formula is C16H24N4O6. The summed E-state index contributed by atoms with van der Waals surface area (Å²) in [7, 11) is 1.48. The molecule has 10 nitrogen and oxygen atoms in total. The Bertz CT molecular complexity index is 721. The van der Waals surface area contributed by atoms with Crippen LogP contribution in [0.5, 0.6) is 0 Å². The first-order valence-corrected chi connectivity index (χ1v) is 8.35. The molecule has 0 aromatic carbocycles. The molecule has 1 aliphatic heterocycles. The van der Waals surface area contributed by atoms with E-state index >= 15 is 0 Å². The van der Waals surface area contributed by atoms with E-state index in [0.29, 0.717) is 6.42 Å². The number of carbonyl (C=O) groups is 2. The van der Waals surface area contributed by atoms with Crippen molar-refractivity contribution in [3.63, 3.8) is 0 Å². The highest BCUT2D eigenvalue weighted by molar-refractivity contribution is 5.87. The van der Waals surface area contributed by atoms with E-state index in [1.165, 1.54) is 30.8 Å². The van der Waals surface area contributed by atoms with Gasteiger partial charge in [-0.15, -0.1) is 0 Å². The molecule has 0 spiro atoms. The third-order valence-corrected chi connectivity index (χ3v) is 4.10. The van der Waals surface area contributed by atoms with Crippen molar-refractivity contribution < 1.29 is 24.2 Å².